The molecule has 0 unspecified atom stereocenters. The van der Waals surface area contributed by atoms with Crippen molar-refractivity contribution in [3.05, 3.63) is 32.8 Å². The number of halogens is 1. The van der Waals surface area contributed by atoms with Crippen LogP contribution in [0, 0.1) is 6.92 Å². The van der Waals surface area contributed by atoms with Gasteiger partial charge in [0.2, 0.25) is 0 Å². The van der Waals surface area contributed by atoms with Crippen LogP contribution in [-0.4, -0.2) is 18.0 Å². The van der Waals surface area contributed by atoms with Crippen molar-refractivity contribution in [2.45, 2.75) is 18.5 Å². The van der Waals surface area contributed by atoms with Gasteiger partial charge in [0.05, 0.1) is 0 Å². The van der Waals surface area contributed by atoms with E-state index in [-0.39, 0.29) is 11.6 Å². The number of sulfonamides is 1. The molecule has 0 aliphatic carbocycles. The predicted molar refractivity (Wildman–Crippen MR) is 74.0 cm³/mol. The molecule has 0 fully saturated rings. The quantitative estimate of drug-likeness (QED) is 0.918. The van der Waals surface area contributed by atoms with E-state index < -0.39 is 10.0 Å². The molecule has 2 rings (SSSR count). The number of aryl methyl sites for hydroxylation is 2. The Balaban J connectivity index is 2.15. The zero-order chi connectivity index (χ0) is 13.3. The fourth-order valence-corrected chi connectivity index (χ4v) is 3.90. The first-order valence-corrected chi connectivity index (χ1v) is 8.27. The molecule has 8 heteroatoms. The van der Waals surface area contributed by atoms with Gasteiger partial charge >= 0.3 is 0 Å². The van der Waals surface area contributed by atoms with Gasteiger partial charge in [0.25, 0.3) is 10.0 Å². The number of nitrogens with zero attached hydrogens (tertiary/aromatic N) is 2. The lowest BCUT2D eigenvalue weighted by atomic mass is 10.5. The van der Waals surface area contributed by atoms with E-state index in [2.05, 4.69) is 25.6 Å². The minimum atomic E-state index is -3.55. The highest BCUT2D eigenvalue weighted by Crippen LogP contribution is 2.22. The van der Waals surface area contributed by atoms with Gasteiger partial charge in [0.15, 0.2) is 5.03 Å². The number of nitrogens with one attached hydrogen (secondary N) is 1. The fourth-order valence-electron chi connectivity index (χ4n) is 1.34. The molecule has 2 heterocycles. The van der Waals surface area contributed by atoms with Crippen LogP contribution in [0.25, 0.3) is 0 Å². The first-order chi connectivity index (χ1) is 8.40. The third-order valence-corrected chi connectivity index (χ3v) is 5.67. The molecule has 0 spiro atoms. The van der Waals surface area contributed by atoms with Gasteiger partial charge in [-0.25, -0.2) is 18.1 Å². The number of thiophene rings is 1. The molecular formula is C10H12BrN3O2S2. The molecular weight excluding hydrogens is 338 g/mol. The first kappa shape index (κ1) is 13.7. The van der Waals surface area contributed by atoms with Crippen molar-refractivity contribution in [2.24, 2.45) is 7.05 Å². The summed E-state index contributed by atoms with van der Waals surface area (Å²) in [5.74, 6) is 0.660. The van der Waals surface area contributed by atoms with Gasteiger partial charge < -0.3 is 4.57 Å². The summed E-state index contributed by atoms with van der Waals surface area (Å²) in [4.78, 5) is 4.94. The molecule has 1 N–H and O–H groups in total. The lowest BCUT2D eigenvalue weighted by molar-refractivity contribution is 0.578. The molecule has 98 valence electrons. The van der Waals surface area contributed by atoms with Crippen LogP contribution in [0.15, 0.2) is 27.1 Å². The van der Waals surface area contributed by atoms with Gasteiger partial charge in [0.1, 0.15) is 5.82 Å². The Morgan fingerprint density at radius 1 is 1.56 bits per heavy atom. The van der Waals surface area contributed by atoms with Crippen molar-refractivity contribution < 1.29 is 8.42 Å². The molecule has 0 aromatic carbocycles. The highest BCUT2D eigenvalue weighted by molar-refractivity contribution is 9.10. The lowest BCUT2D eigenvalue weighted by Crippen LogP contribution is -2.23. The van der Waals surface area contributed by atoms with Crippen molar-refractivity contribution in [3.8, 4) is 0 Å². The van der Waals surface area contributed by atoms with Crippen LogP contribution < -0.4 is 4.72 Å². The molecule has 0 saturated heterocycles. The van der Waals surface area contributed by atoms with E-state index in [1.54, 1.807) is 18.5 Å². The third-order valence-electron chi connectivity index (χ3n) is 2.48. The summed E-state index contributed by atoms with van der Waals surface area (Å²) in [6, 6.07) is 1.89. The van der Waals surface area contributed by atoms with Gasteiger partial charge in [-0.2, -0.15) is 0 Å². The summed E-state index contributed by atoms with van der Waals surface area (Å²) in [5.41, 5.74) is 0. The molecule has 0 aliphatic heterocycles. The van der Waals surface area contributed by atoms with E-state index in [4.69, 9.17) is 0 Å². The first-order valence-electron chi connectivity index (χ1n) is 5.11. The number of rotatable bonds is 4. The second-order valence-corrected chi connectivity index (χ2v) is 7.32. The zero-order valence-electron chi connectivity index (χ0n) is 9.84. The maximum atomic E-state index is 12.0. The van der Waals surface area contributed by atoms with Gasteiger partial charge in [0, 0.05) is 29.1 Å². The van der Waals surface area contributed by atoms with Crippen molar-refractivity contribution >= 4 is 37.3 Å². The molecule has 0 saturated carbocycles. The van der Waals surface area contributed by atoms with E-state index in [9.17, 15) is 8.42 Å². The summed E-state index contributed by atoms with van der Waals surface area (Å²) in [5, 5.41) is 1.95. The summed E-state index contributed by atoms with van der Waals surface area (Å²) in [7, 11) is -1.79. The average Bonchev–Trinajstić information content (AvgIpc) is 2.84. The Hall–Kier alpha value is -0.700. The van der Waals surface area contributed by atoms with E-state index in [0.29, 0.717) is 5.82 Å². The Morgan fingerprint density at radius 3 is 2.78 bits per heavy atom. The Morgan fingerprint density at radius 2 is 2.28 bits per heavy atom. The second-order valence-electron chi connectivity index (χ2n) is 3.75. The SMILES string of the molecule is Cc1nc(S(=O)(=O)NCc2sccc2Br)cn1C. The topological polar surface area (TPSA) is 64.0 Å². The Bertz CT molecular complexity index is 641. The fraction of sp³-hybridized carbons (Fsp3) is 0.300. The van der Waals surface area contributed by atoms with E-state index >= 15 is 0 Å². The zero-order valence-corrected chi connectivity index (χ0v) is 13.1. The van der Waals surface area contributed by atoms with Crippen LogP contribution in [0.5, 0.6) is 0 Å². The summed E-state index contributed by atoms with van der Waals surface area (Å²) in [6.07, 6.45) is 1.50. The molecule has 2 aromatic rings. The maximum absolute atomic E-state index is 12.0. The van der Waals surface area contributed by atoms with Crippen LogP contribution in [0.1, 0.15) is 10.7 Å². The average molecular weight is 350 g/mol. The number of hydrogen-bond donors (Lipinski definition) is 1. The summed E-state index contributed by atoms with van der Waals surface area (Å²) < 4.78 is 29.1. The van der Waals surface area contributed by atoms with Gasteiger partial charge in [-0.05, 0) is 34.3 Å². The molecule has 2 aromatic heterocycles. The molecule has 0 bridgehead atoms. The van der Waals surface area contributed by atoms with Crippen LogP contribution in [0.3, 0.4) is 0 Å². The van der Waals surface area contributed by atoms with Gasteiger partial charge in [-0.3, -0.25) is 0 Å². The largest absolute Gasteiger partial charge is 0.337 e. The van der Waals surface area contributed by atoms with Crippen molar-refractivity contribution in [3.63, 3.8) is 0 Å². The normalized spacial score (nSPS) is 11.9. The van der Waals surface area contributed by atoms with Crippen LogP contribution in [-0.2, 0) is 23.6 Å². The van der Waals surface area contributed by atoms with E-state index in [0.717, 1.165) is 9.35 Å². The molecule has 0 amide bonds. The van der Waals surface area contributed by atoms with Gasteiger partial charge in [-0.15, -0.1) is 11.3 Å². The lowest BCUT2D eigenvalue weighted by Gasteiger charge is -2.02. The standard InChI is InChI=1S/C10H12BrN3O2S2/c1-7-13-10(6-14(7)2)18(15,16)12-5-9-8(11)3-4-17-9/h3-4,6,12H,5H2,1-2H3. The summed E-state index contributed by atoms with van der Waals surface area (Å²) in [6.45, 7) is 2.02. The molecule has 18 heavy (non-hydrogen) atoms. The number of hydrogen-bond acceptors (Lipinski definition) is 4. The number of aromatic nitrogens is 2. The predicted octanol–water partition coefficient (Wildman–Crippen LogP) is 2.03. The van der Waals surface area contributed by atoms with Crippen LogP contribution in [0.4, 0.5) is 0 Å². The Labute approximate surface area is 118 Å². The van der Waals surface area contributed by atoms with Crippen LogP contribution >= 0.6 is 27.3 Å². The third kappa shape index (κ3) is 2.82. The van der Waals surface area contributed by atoms with E-state index in [1.807, 2.05) is 11.4 Å². The van der Waals surface area contributed by atoms with Crippen molar-refractivity contribution in [1.82, 2.24) is 14.3 Å². The van der Waals surface area contributed by atoms with Crippen LogP contribution in [0.2, 0.25) is 0 Å². The molecule has 5 nitrogen and oxygen atoms in total. The number of imidazole rings is 1. The van der Waals surface area contributed by atoms with E-state index in [1.165, 1.54) is 17.5 Å². The minimum absolute atomic E-state index is 0.0511. The molecule has 0 radical (unpaired) electrons. The Kier molecular flexibility index (Phi) is 3.90. The monoisotopic (exact) mass is 349 g/mol. The highest BCUT2D eigenvalue weighted by atomic mass is 79.9. The molecule has 0 aliphatic rings. The minimum Gasteiger partial charge on any atom is -0.337 e. The summed E-state index contributed by atoms with van der Waals surface area (Å²) >= 11 is 4.86. The van der Waals surface area contributed by atoms with Crippen molar-refractivity contribution in [1.29, 1.82) is 0 Å². The highest BCUT2D eigenvalue weighted by Gasteiger charge is 2.18. The van der Waals surface area contributed by atoms with Gasteiger partial charge in [-0.1, -0.05) is 0 Å². The smallest absolute Gasteiger partial charge is 0.259 e. The maximum Gasteiger partial charge on any atom is 0.259 e. The second kappa shape index (κ2) is 5.12. The molecule has 0 atom stereocenters. The van der Waals surface area contributed by atoms with Crippen molar-refractivity contribution in [2.75, 3.05) is 0 Å².